The molecule has 0 fully saturated rings. The molecule has 0 spiro atoms. The SMILES string of the molecule is O=C(O)C(F)(F)C(=O)C(F)(F)C(=O)O. The fraction of sp³-hybridized carbons (Fsp3) is 0.400. The molecule has 0 aliphatic rings. The predicted octanol–water partition coefficient (Wildman–Crippen LogP) is -0.00470. The molecule has 0 aromatic heterocycles. The molecule has 0 aliphatic carbocycles. The van der Waals surface area contributed by atoms with Gasteiger partial charge in [-0.3, -0.25) is 4.79 Å². The van der Waals surface area contributed by atoms with Crippen molar-refractivity contribution in [3.05, 3.63) is 0 Å². The first kappa shape index (κ1) is 12.3. The highest BCUT2D eigenvalue weighted by atomic mass is 19.3. The quantitative estimate of drug-likeness (QED) is 0.511. The van der Waals surface area contributed by atoms with E-state index in [0.29, 0.717) is 0 Å². The number of carbonyl (C=O) groups is 3. The zero-order valence-electron chi connectivity index (χ0n) is 6.13. The summed E-state index contributed by atoms with van der Waals surface area (Å²) in [6, 6.07) is 0. The Hall–Kier alpha value is -1.67. The fourth-order valence-electron chi connectivity index (χ4n) is 0.391. The smallest absolute Gasteiger partial charge is 0.406 e. The van der Waals surface area contributed by atoms with Gasteiger partial charge in [0.25, 0.3) is 5.78 Å². The first-order valence-electron chi connectivity index (χ1n) is 2.82. The van der Waals surface area contributed by atoms with E-state index in [2.05, 4.69) is 0 Å². The van der Waals surface area contributed by atoms with Crippen LogP contribution in [0.4, 0.5) is 17.6 Å². The van der Waals surface area contributed by atoms with E-state index in [4.69, 9.17) is 10.2 Å². The molecule has 5 nitrogen and oxygen atoms in total. The third kappa shape index (κ3) is 1.80. The van der Waals surface area contributed by atoms with E-state index in [9.17, 15) is 31.9 Å². The summed E-state index contributed by atoms with van der Waals surface area (Å²) in [6.07, 6.45) is 0. The van der Waals surface area contributed by atoms with Gasteiger partial charge < -0.3 is 10.2 Å². The number of ketones is 1. The zero-order chi connectivity index (χ0) is 11.7. The molecule has 0 unspecified atom stereocenters. The second-order valence-corrected chi connectivity index (χ2v) is 2.09. The maximum Gasteiger partial charge on any atom is 0.406 e. The molecular weight excluding hydrogens is 216 g/mol. The predicted molar refractivity (Wildman–Crippen MR) is 30.2 cm³/mol. The van der Waals surface area contributed by atoms with Gasteiger partial charge in [0.15, 0.2) is 0 Å². The third-order valence-electron chi connectivity index (χ3n) is 1.11. The molecule has 0 heterocycles. The van der Waals surface area contributed by atoms with Crippen molar-refractivity contribution in [2.24, 2.45) is 0 Å². The number of Topliss-reactive ketones (excluding diaryl/α,β-unsaturated/α-hetero) is 1. The summed E-state index contributed by atoms with van der Waals surface area (Å²) < 4.78 is 48.4. The number of aliphatic carboxylic acids is 2. The van der Waals surface area contributed by atoms with E-state index < -0.39 is 29.6 Å². The average molecular weight is 218 g/mol. The zero-order valence-corrected chi connectivity index (χ0v) is 6.13. The third-order valence-corrected chi connectivity index (χ3v) is 1.11. The minimum Gasteiger partial charge on any atom is -0.476 e. The number of carboxylic acids is 2. The van der Waals surface area contributed by atoms with Gasteiger partial charge in [0.1, 0.15) is 0 Å². The van der Waals surface area contributed by atoms with Gasteiger partial charge in [0.2, 0.25) is 0 Å². The van der Waals surface area contributed by atoms with E-state index in [1.54, 1.807) is 0 Å². The van der Waals surface area contributed by atoms with E-state index in [1.807, 2.05) is 0 Å². The van der Waals surface area contributed by atoms with Crippen LogP contribution in [0.25, 0.3) is 0 Å². The minimum absolute atomic E-state index is 3.14. The first-order chi connectivity index (χ1) is 6.04. The lowest BCUT2D eigenvalue weighted by Crippen LogP contribution is -2.51. The van der Waals surface area contributed by atoms with Gasteiger partial charge in [0.05, 0.1) is 0 Å². The van der Waals surface area contributed by atoms with Gasteiger partial charge in [-0.15, -0.1) is 0 Å². The molecule has 0 saturated carbocycles. The Labute approximate surface area is 72.9 Å². The van der Waals surface area contributed by atoms with Crippen LogP contribution in [0.15, 0.2) is 0 Å². The number of halogens is 4. The van der Waals surface area contributed by atoms with E-state index in [1.165, 1.54) is 0 Å². The van der Waals surface area contributed by atoms with Gasteiger partial charge in [-0.1, -0.05) is 0 Å². The number of alkyl halides is 4. The lowest BCUT2D eigenvalue weighted by atomic mass is 10.1. The van der Waals surface area contributed by atoms with Crippen molar-refractivity contribution in [3.63, 3.8) is 0 Å². The molecule has 0 atom stereocenters. The standard InChI is InChI=1S/C5H2F4O5/c6-4(7,2(11)12)1(10)5(8,9)3(13)14/h(H,11,12)(H,13,14). The molecule has 2 N–H and O–H groups in total. The number of carbonyl (C=O) groups excluding carboxylic acids is 1. The lowest BCUT2D eigenvalue weighted by Gasteiger charge is -2.14. The summed E-state index contributed by atoms with van der Waals surface area (Å²) in [6.45, 7) is 0. The number of carboxylic acid groups (broad SMARTS) is 2. The minimum atomic E-state index is -5.43. The topological polar surface area (TPSA) is 91.7 Å². The van der Waals surface area contributed by atoms with Crippen LogP contribution in [0, 0.1) is 0 Å². The highest BCUT2D eigenvalue weighted by Crippen LogP contribution is 2.27. The Balaban J connectivity index is 5.16. The largest absolute Gasteiger partial charge is 0.476 e. The van der Waals surface area contributed by atoms with Crippen molar-refractivity contribution in [2.75, 3.05) is 0 Å². The summed E-state index contributed by atoms with van der Waals surface area (Å²) in [5.41, 5.74) is 0. The van der Waals surface area contributed by atoms with Crippen LogP contribution in [0.1, 0.15) is 0 Å². The van der Waals surface area contributed by atoms with Crippen LogP contribution >= 0.6 is 0 Å². The molecule has 14 heavy (non-hydrogen) atoms. The molecule has 0 bridgehead atoms. The summed E-state index contributed by atoms with van der Waals surface area (Å²) in [4.78, 5) is 29.4. The van der Waals surface area contributed by atoms with E-state index >= 15 is 0 Å². The average Bonchev–Trinajstić information content (AvgIpc) is 2.02. The summed E-state index contributed by atoms with van der Waals surface area (Å²) >= 11 is 0. The Morgan fingerprint density at radius 2 is 1.00 bits per heavy atom. The van der Waals surface area contributed by atoms with Crippen LogP contribution in [0.2, 0.25) is 0 Å². The van der Waals surface area contributed by atoms with Gasteiger partial charge in [-0.2, -0.15) is 17.6 Å². The molecule has 0 amide bonds. The number of hydrogen-bond donors (Lipinski definition) is 2. The van der Waals surface area contributed by atoms with Crippen LogP contribution in [0.5, 0.6) is 0 Å². The van der Waals surface area contributed by atoms with Crippen molar-refractivity contribution < 1.29 is 42.2 Å². The number of rotatable bonds is 4. The van der Waals surface area contributed by atoms with Crippen LogP contribution < -0.4 is 0 Å². The van der Waals surface area contributed by atoms with Crippen molar-refractivity contribution in [2.45, 2.75) is 11.8 Å². The van der Waals surface area contributed by atoms with Gasteiger partial charge in [-0.05, 0) is 0 Å². The second kappa shape index (κ2) is 3.24. The van der Waals surface area contributed by atoms with Gasteiger partial charge >= 0.3 is 23.8 Å². The Morgan fingerprint density at radius 1 is 0.786 bits per heavy atom. The van der Waals surface area contributed by atoms with Gasteiger partial charge in [0, 0.05) is 0 Å². The second-order valence-electron chi connectivity index (χ2n) is 2.09. The number of hydrogen-bond acceptors (Lipinski definition) is 3. The molecule has 9 heteroatoms. The molecule has 80 valence electrons. The Morgan fingerprint density at radius 3 is 1.14 bits per heavy atom. The van der Waals surface area contributed by atoms with Crippen molar-refractivity contribution >= 4 is 17.7 Å². The first-order valence-corrected chi connectivity index (χ1v) is 2.82. The van der Waals surface area contributed by atoms with E-state index in [-0.39, 0.29) is 0 Å². The molecule has 0 aliphatic heterocycles. The van der Waals surface area contributed by atoms with Crippen molar-refractivity contribution in [1.29, 1.82) is 0 Å². The molecular formula is C5H2F4O5. The Kier molecular flexibility index (Phi) is 2.85. The lowest BCUT2D eigenvalue weighted by molar-refractivity contribution is -0.191. The maximum absolute atomic E-state index is 12.1. The monoisotopic (exact) mass is 218 g/mol. The van der Waals surface area contributed by atoms with Crippen molar-refractivity contribution in [3.8, 4) is 0 Å². The summed E-state index contributed by atoms with van der Waals surface area (Å²) in [5.74, 6) is -20.6. The Bertz CT molecular complexity index is 268. The van der Waals surface area contributed by atoms with Crippen LogP contribution in [-0.4, -0.2) is 39.8 Å². The fourth-order valence-corrected chi connectivity index (χ4v) is 0.391. The highest BCUT2D eigenvalue weighted by molar-refractivity contribution is 6.16. The van der Waals surface area contributed by atoms with Gasteiger partial charge in [-0.25, -0.2) is 9.59 Å². The van der Waals surface area contributed by atoms with Crippen LogP contribution in [0.3, 0.4) is 0 Å². The summed E-state index contributed by atoms with van der Waals surface area (Å²) in [7, 11) is 0. The molecule has 0 radical (unpaired) electrons. The van der Waals surface area contributed by atoms with Crippen LogP contribution in [-0.2, 0) is 14.4 Å². The normalized spacial score (nSPS) is 12.3. The molecule has 0 saturated heterocycles. The maximum atomic E-state index is 12.1. The van der Waals surface area contributed by atoms with E-state index in [0.717, 1.165) is 0 Å². The van der Waals surface area contributed by atoms with Crippen molar-refractivity contribution in [1.82, 2.24) is 0 Å². The molecule has 0 aromatic carbocycles. The molecule has 0 aromatic rings. The highest BCUT2D eigenvalue weighted by Gasteiger charge is 2.63. The molecule has 0 rings (SSSR count). The summed E-state index contributed by atoms with van der Waals surface area (Å²) in [5, 5.41) is 15.3.